The molecular weight excluding hydrogens is 306 g/mol. The Morgan fingerprint density at radius 1 is 1.42 bits per heavy atom. The minimum atomic E-state index is -0.0906. The summed E-state index contributed by atoms with van der Waals surface area (Å²) >= 11 is 3.38. The normalized spacial score (nSPS) is 13.2. The topological polar surface area (TPSA) is 49.3 Å². The van der Waals surface area contributed by atoms with Crippen LogP contribution in [0.4, 0.5) is 0 Å². The third-order valence-corrected chi connectivity index (χ3v) is 3.71. The van der Waals surface area contributed by atoms with Crippen molar-refractivity contribution in [3.63, 3.8) is 0 Å². The number of rotatable bonds is 4. The van der Waals surface area contributed by atoms with Gasteiger partial charge in [-0.2, -0.15) is 0 Å². The second-order valence-electron chi connectivity index (χ2n) is 5.86. The van der Waals surface area contributed by atoms with E-state index in [1.807, 2.05) is 25.1 Å². The molecule has 0 aliphatic heterocycles. The van der Waals surface area contributed by atoms with E-state index in [-0.39, 0.29) is 24.0 Å². The zero-order valence-electron chi connectivity index (χ0n) is 12.0. The molecule has 0 saturated carbocycles. The summed E-state index contributed by atoms with van der Waals surface area (Å²) in [5, 5.41) is 12.1. The number of benzene rings is 1. The molecule has 0 fully saturated rings. The lowest BCUT2D eigenvalue weighted by Crippen LogP contribution is -2.44. The molecule has 106 valence electrons. The van der Waals surface area contributed by atoms with E-state index in [1.165, 1.54) is 0 Å². The van der Waals surface area contributed by atoms with Crippen LogP contribution in [0.2, 0.25) is 0 Å². The maximum Gasteiger partial charge on any atom is 0.251 e. The fourth-order valence-corrected chi connectivity index (χ4v) is 2.29. The number of hydrogen-bond acceptors (Lipinski definition) is 2. The number of carbonyl (C=O) groups excluding carboxylic acids is 1. The molecule has 0 aliphatic rings. The highest BCUT2D eigenvalue weighted by Crippen LogP contribution is 2.23. The highest BCUT2D eigenvalue weighted by atomic mass is 79.9. The molecule has 2 N–H and O–H groups in total. The van der Waals surface area contributed by atoms with Gasteiger partial charge in [-0.05, 0) is 36.5 Å². The molecule has 0 aliphatic carbocycles. The van der Waals surface area contributed by atoms with Crippen molar-refractivity contribution in [1.29, 1.82) is 0 Å². The van der Waals surface area contributed by atoms with E-state index >= 15 is 0 Å². The van der Waals surface area contributed by atoms with Gasteiger partial charge in [-0.1, -0.05) is 42.8 Å². The summed E-state index contributed by atoms with van der Waals surface area (Å²) in [4.78, 5) is 12.3. The Hall–Kier alpha value is -0.870. The Labute approximate surface area is 123 Å². The van der Waals surface area contributed by atoms with E-state index in [4.69, 9.17) is 5.11 Å². The molecule has 1 rings (SSSR count). The van der Waals surface area contributed by atoms with Crippen LogP contribution < -0.4 is 5.32 Å². The first-order valence-electron chi connectivity index (χ1n) is 6.43. The second-order valence-corrected chi connectivity index (χ2v) is 6.78. The number of aryl methyl sites for hydroxylation is 1. The highest BCUT2D eigenvalue weighted by molar-refractivity contribution is 9.10. The van der Waals surface area contributed by atoms with Gasteiger partial charge in [-0.3, -0.25) is 4.79 Å². The molecule has 1 amide bonds. The van der Waals surface area contributed by atoms with Crippen molar-refractivity contribution in [2.45, 2.75) is 40.2 Å². The van der Waals surface area contributed by atoms with Crippen molar-refractivity contribution >= 4 is 21.8 Å². The minimum absolute atomic E-state index is 0.0524. The van der Waals surface area contributed by atoms with Gasteiger partial charge in [0, 0.05) is 22.7 Å². The van der Waals surface area contributed by atoms with Crippen molar-refractivity contribution < 1.29 is 9.90 Å². The van der Waals surface area contributed by atoms with Gasteiger partial charge in [0.15, 0.2) is 0 Å². The maximum absolute atomic E-state index is 12.3. The summed E-state index contributed by atoms with van der Waals surface area (Å²) in [5.41, 5.74) is 1.53. The summed E-state index contributed by atoms with van der Waals surface area (Å²) in [6, 6.07) is 5.60. The standard InChI is InChI=1S/C15H22BrNO2/c1-10-5-6-11(16)9-12(10)14(19)17-13(7-8-18)15(2,3)4/h5-6,9,13,18H,7-8H2,1-4H3,(H,17,19). The Morgan fingerprint density at radius 2 is 2.05 bits per heavy atom. The molecule has 0 spiro atoms. The number of carbonyl (C=O) groups is 1. The number of hydrogen-bond donors (Lipinski definition) is 2. The quantitative estimate of drug-likeness (QED) is 0.891. The first-order chi connectivity index (χ1) is 8.75. The Bertz CT molecular complexity index is 452. The second kappa shape index (κ2) is 6.53. The largest absolute Gasteiger partial charge is 0.396 e. The number of aliphatic hydroxyl groups excluding tert-OH is 1. The van der Waals surface area contributed by atoms with Crippen LogP contribution in [-0.4, -0.2) is 23.7 Å². The van der Waals surface area contributed by atoms with Crippen LogP contribution in [-0.2, 0) is 0 Å². The molecule has 1 aromatic carbocycles. The third kappa shape index (κ3) is 4.62. The molecule has 0 heterocycles. The molecule has 0 radical (unpaired) electrons. The number of halogens is 1. The first-order valence-corrected chi connectivity index (χ1v) is 7.23. The van der Waals surface area contributed by atoms with Crippen LogP contribution in [0.1, 0.15) is 43.1 Å². The van der Waals surface area contributed by atoms with Crippen LogP contribution in [0.3, 0.4) is 0 Å². The third-order valence-electron chi connectivity index (χ3n) is 3.21. The number of aliphatic hydroxyl groups is 1. The fraction of sp³-hybridized carbons (Fsp3) is 0.533. The zero-order valence-corrected chi connectivity index (χ0v) is 13.5. The van der Waals surface area contributed by atoms with Crippen molar-refractivity contribution in [3.05, 3.63) is 33.8 Å². The van der Waals surface area contributed by atoms with E-state index in [0.29, 0.717) is 12.0 Å². The van der Waals surface area contributed by atoms with Gasteiger partial charge < -0.3 is 10.4 Å². The Balaban J connectivity index is 2.91. The number of nitrogens with one attached hydrogen (secondary N) is 1. The molecular formula is C15H22BrNO2. The summed E-state index contributed by atoms with van der Waals surface area (Å²) in [6.45, 7) is 8.16. The molecule has 1 aromatic rings. The lowest BCUT2D eigenvalue weighted by atomic mass is 9.84. The van der Waals surface area contributed by atoms with Crippen molar-refractivity contribution in [3.8, 4) is 0 Å². The van der Waals surface area contributed by atoms with Crippen LogP contribution in [0.5, 0.6) is 0 Å². The molecule has 1 atom stereocenters. The van der Waals surface area contributed by atoms with E-state index in [0.717, 1.165) is 10.0 Å². The van der Waals surface area contributed by atoms with Crippen LogP contribution in [0.15, 0.2) is 22.7 Å². The van der Waals surface area contributed by atoms with E-state index in [9.17, 15) is 4.79 Å². The van der Waals surface area contributed by atoms with E-state index in [1.54, 1.807) is 0 Å². The van der Waals surface area contributed by atoms with Crippen molar-refractivity contribution in [2.75, 3.05) is 6.61 Å². The van der Waals surface area contributed by atoms with Gasteiger partial charge in [-0.15, -0.1) is 0 Å². The predicted molar refractivity (Wildman–Crippen MR) is 81.3 cm³/mol. The summed E-state index contributed by atoms with van der Waals surface area (Å²) in [6.07, 6.45) is 0.558. The number of amides is 1. The van der Waals surface area contributed by atoms with Gasteiger partial charge in [-0.25, -0.2) is 0 Å². The molecule has 0 saturated heterocycles. The fourth-order valence-electron chi connectivity index (χ4n) is 1.93. The Morgan fingerprint density at radius 3 is 2.58 bits per heavy atom. The van der Waals surface area contributed by atoms with Crippen molar-refractivity contribution in [1.82, 2.24) is 5.32 Å². The van der Waals surface area contributed by atoms with Crippen molar-refractivity contribution in [2.24, 2.45) is 5.41 Å². The van der Waals surface area contributed by atoms with E-state index in [2.05, 4.69) is 42.0 Å². The molecule has 3 nitrogen and oxygen atoms in total. The lowest BCUT2D eigenvalue weighted by molar-refractivity contribution is 0.0884. The van der Waals surface area contributed by atoms with Gasteiger partial charge in [0.05, 0.1) is 0 Å². The van der Waals surface area contributed by atoms with Crippen LogP contribution in [0, 0.1) is 12.3 Å². The summed E-state index contributed by atoms with van der Waals surface area (Å²) in [7, 11) is 0. The lowest BCUT2D eigenvalue weighted by Gasteiger charge is -2.31. The molecule has 19 heavy (non-hydrogen) atoms. The van der Waals surface area contributed by atoms with Gasteiger partial charge in [0.1, 0.15) is 0 Å². The van der Waals surface area contributed by atoms with E-state index < -0.39 is 0 Å². The van der Waals surface area contributed by atoms with Crippen LogP contribution >= 0.6 is 15.9 Å². The molecule has 1 unspecified atom stereocenters. The molecule has 0 bridgehead atoms. The SMILES string of the molecule is Cc1ccc(Br)cc1C(=O)NC(CCO)C(C)(C)C. The smallest absolute Gasteiger partial charge is 0.251 e. The highest BCUT2D eigenvalue weighted by Gasteiger charge is 2.26. The molecule has 0 aromatic heterocycles. The molecule has 4 heteroatoms. The average Bonchev–Trinajstić information content (AvgIpc) is 2.30. The minimum Gasteiger partial charge on any atom is -0.396 e. The van der Waals surface area contributed by atoms with Gasteiger partial charge in [0.2, 0.25) is 0 Å². The van der Waals surface area contributed by atoms with Gasteiger partial charge >= 0.3 is 0 Å². The zero-order chi connectivity index (χ0) is 14.6. The first kappa shape index (κ1) is 16.2. The summed E-state index contributed by atoms with van der Waals surface area (Å²) < 4.78 is 0.887. The summed E-state index contributed by atoms with van der Waals surface area (Å²) in [5.74, 6) is -0.0906. The Kier molecular flexibility index (Phi) is 5.56. The van der Waals surface area contributed by atoms with Crippen LogP contribution in [0.25, 0.3) is 0 Å². The maximum atomic E-state index is 12.3. The monoisotopic (exact) mass is 327 g/mol. The predicted octanol–water partition coefficient (Wildman–Crippen LogP) is 3.28. The van der Waals surface area contributed by atoms with Gasteiger partial charge in [0.25, 0.3) is 5.91 Å². The average molecular weight is 328 g/mol.